The van der Waals surface area contributed by atoms with Crippen LogP contribution in [-0.2, 0) is 0 Å². The van der Waals surface area contributed by atoms with Gasteiger partial charge in [-0.3, -0.25) is 4.98 Å². The number of methoxy groups -OCH3 is 1. The summed E-state index contributed by atoms with van der Waals surface area (Å²) in [7, 11) is 1.72. The summed E-state index contributed by atoms with van der Waals surface area (Å²) in [5.41, 5.74) is 3.79. The number of pyridine rings is 2. The lowest BCUT2D eigenvalue weighted by atomic mass is 10.0. The van der Waals surface area contributed by atoms with Crippen LogP contribution in [0.25, 0.3) is 32.7 Å². The van der Waals surface area contributed by atoms with Gasteiger partial charge in [-0.2, -0.15) is 0 Å². The molecule has 0 aliphatic heterocycles. The van der Waals surface area contributed by atoms with Crippen molar-refractivity contribution < 1.29 is 4.74 Å². The topological polar surface area (TPSA) is 50.3 Å². The minimum absolute atomic E-state index is 0.656. The average Bonchev–Trinajstić information content (AvgIpc) is 2.87. The summed E-state index contributed by atoms with van der Waals surface area (Å²) in [6.45, 7) is 3.76. The number of hydrogen-bond donors (Lipinski definition) is 1. The van der Waals surface area contributed by atoms with Crippen LogP contribution < -0.4 is 10.1 Å². The zero-order chi connectivity index (χ0) is 23.8. The molecule has 7 heteroatoms. The van der Waals surface area contributed by atoms with Gasteiger partial charge in [-0.15, -0.1) is 23.2 Å². The molecule has 2 heterocycles. The number of anilines is 1. The number of benzene rings is 2. The largest absolute Gasteiger partial charge is 0.496 e. The molecule has 4 rings (SSSR count). The Bertz CT molecular complexity index is 1230. The van der Waals surface area contributed by atoms with E-state index < -0.39 is 0 Å². The minimum Gasteiger partial charge on any atom is -0.496 e. The Hall–Kier alpha value is -2.34. The van der Waals surface area contributed by atoms with E-state index in [1.54, 1.807) is 7.11 Å². The smallest absolute Gasteiger partial charge is 0.131 e. The number of fused-ring (bicyclic) bond motifs is 4. The second kappa shape index (κ2) is 12.4. The number of nitrogens with one attached hydrogen (secondary N) is 1. The molecule has 4 aromatic rings. The van der Waals surface area contributed by atoms with Gasteiger partial charge in [-0.25, -0.2) is 4.98 Å². The second-order valence-electron chi connectivity index (χ2n) is 8.44. The van der Waals surface area contributed by atoms with Crippen molar-refractivity contribution in [3.63, 3.8) is 0 Å². The van der Waals surface area contributed by atoms with E-state index in [1.165, 1.54) is 19.3 Å². The van der Waals surface area contributed by atoms with Crippen LogP contribution in [0.15, 0.2) is 48.7 Å². The quantitative estimate of drug-likeness (QED) is 0.0961. The van der Waals surface area contributed by atoms with Gasteiger partial charge >= 0.3 is 0 Å². The minimum atomic E-state index is 0.656. The fraction of sp³-hybridized carbons (Fsp3) is 0.407. The molecule has 0 aliphatic carbocycles. The first-order valence-electron chi connectivity index (χ1n) is 12.0. The van der Waals surface area contributed by atoms with E-state index in [4.69, 9.17) is 32.9 Å². The Morgan fingerprint density at radius 3 is 2.50 bits per heavy atom. The van der Waals surface area contributed by atoms with Gasteiger partial charge in [0.25, 0.3) is 0 Å². The Balaban J connectivity index is 1.51. The Kier molecular flexibility index (Phi) is 9.03. The van der Waals surface area contributed by atoms with Gasteiger partial charge in [0, 0.05) is 48.4 Å². The van der Waals surface area contributed by atoms with Crippen LogP contribution >= 0.6 is 23.2 Å². The summed E-state index contributed by atoms with van der Waals surface area (Å²) in [6.07, 6.45) is 6.45. The molecule has 0 bridgehead atoms. The zero-order valence-corrected chi connectivity index (χ0v) is 21.2. The van der Waals surface area contributed by atoms with E-state index in [0.29, 0.717) is 11.8 Å². The first-order valence-corrected chi connectivity index (χ1v) is 13.1. The molecule has 1 N–H and O–H groups in total. The first-order chi connectivity index (χ1) is 16.8. The maximum Gasteiger partial charge on any atom is 0.131 e. The molecular formula is C27H32Cl2N4O. The molecule has 34 heavy (non-hydrogen) atoms. The molecular weight excluding hydrogens is 467 g/mol. The van der Waals surface area contributed by atoms with Crippen LogP contribution in [0.3, 0.4) is 0 Å². The lowest BCUT2D eigenvalue weighted by Gasteiger charge is -2.19. The highest BCUT2D eigenvalue weighted by molar-refractivity contribution is 6.18. The summed E-state index contributed by atoms with van der Waals surface area (Å²) in [4.78, 5) is 12.0. The van der Waals surface area contributed by atoms with E-state index >= 15 is 0 Å². The van der Waals surface area contributed by atoms with Crippen LogP contribution in [0.5, 0.6) is 5.75 Å². The lowest BCUT2D eigenvalue weighted by molar-refractivity contribution is 0.299. The van der Waals surface area contributed by atoms with Crippen LogP contribution in [-0.4, -0.2) is 59.9 Å². The van der Waals surface area contributed by atoms with Gasteiger partial charge in [0.15, 0.2) is 0 Å². The second-order valence-corrected chi connectivity index (χ2v) is 9.20. The van der Waals surface area contributed by atoms with Crippen molar-refractivity contribution in [3.05, 3.63) is 48.7 Å². The fourth-order valence-corrected chi connectivity index (χ4v) is 4.99. The van der Waals surface area contributed by atoms with Crippen molar-refractivity contribution >= 4 is 61.6 Å². The van der Waals surface area contributed by atoms with Crippen LogP contribution in [0, 0.1) is 0 Å². The van der Waals surface area contributed by atoms with Gasteiger partial charge in [0.1, 0.15) is 11.3 Å². The van der Waals surface area contributed by atoms with E-state index in [9.17, 15) is 0 Å². The van der Waals surface area contributed by atoms with Crippen molar-refractivity contribution in [2.24, 2.45) is 0 Å². The van der Waals surface area contributed by atoms with Crippen LogP contribution in [0.1, 0.15) is 25.7 Å². The van der Waals surface area contributed by atoms with E-state index in [1.807, 2.05) is 18.3 Å². The van der Waals surface area contributed by atoms with E-state index in [-0.39, 0.29) is 0 Å². The molecule has 0 amide bonds. The van der Waals surface area contributed by atoms with Crippen molar-refractivity contribution in [2.75, 3.05) is 50.4 Å². The molecule has 0 fully saturated rings. The molecule has 2 aromatic heterocycles. The fourth-order valence-electron chi connectivity index (χ4n) is 4.52. The highest BCUT2D eigenvalue weighted by atomic mass is 35.5. The number of rotatable bonds is 13. The number of nitrogens with zero attached hydrogens (tertiary/aromatic N) is 3. The molecule has 180 valence electrons. The first kappa shape index (κ1) is 24.8. The predicted octanol–water partition coefficient (Wildman–Crippen LogP) is 6.70. The normalized spacial score (nSPS) is 11.6. The monoisotopic (exact) mass is 498 g/mol. The SMILES string of the molecule is COc1cc2cccnc2c2nc3ccccc3c(NCCCCCCN(CCCl)CCCl)c12. The Morgan fingerprint density at radius 1 is 0.912 bits per heavy atom. The maximum atomic E-state index is 5.90. The zero-order valence-electron chi connectivity index (χ0n) is 19.7. The summed E-state index contributed by atoms with van der Waals surface area (Å²) in [5.74, 6) is 2.13. The Morgan fingerprint density at radius 2 is 1.71 bits per heavy atom. The molecule has 0 aliphatic rings. The number of unbranched alkanes of at least 4 members (excludes halogenated alkanes) is 3. The number of para-hydroxylation sites is 1. The number of ether oxygens (including phenoxy) is 1. The maximum absolute atomic E-state index is 5.90. The summed E-state index contributed by atoms with van der Waals surface area (Å²) < 4.78 is 5.82. The lowest BCUT2D eigenvalue weighted by Crippen LogP contribution is -2.28. The van der Waals surface area contributed by atoms with Gasteiger partial charge in [-0.1, -0.05) is 37.1 Å². The van der Waals surface area contributed by atoms with Crippen LogP contribution in [0.2, 0.25) is 0 Å². The van der Waals surface area contributed by atoms with Gasteiger partial charge < -0.3 is 15.0 Å². The molecule has 2 aromatic carbocycles. The highest BCUT2D eigenvalue weighted by Gasteiger charge is 2.16. The van der Waals surface area contributed by atoms with Gasteiger partial charge in [0.05, 0.1) is 29.2 Å². The standard InChI is InChI=1S/C27H32Cl2N4O/c1-34-23-19-20-9-8-15-30-25(20)27-24(23)26(21-10-4-5-11-22(21)32-27)31-14-6-2-3-7-16-33(17-12-28)18-13-29/h4-5,8-11,15,19H,2-3,6-7,12-14,16-18H2,1H3,(H,31,32). The molecule has 0 radical (unpaired) electrons. The number of halogens is 2. The third kappa shape index (κ3) is 5.65. The predicted molar refractivity (Wildman–Crippen MR) is 146 cm³/mol. The van der Waals surface area contributed by atoms with Crippen molar-refractivity contribution in [2.45, 2.75) is 25.7 Å². The van der Waals surface area contributed by atoms with E-state index in [0.717, 1.165) is 76.7 Å². The molecule has 0 atom stereocenters. The molecule has 0 saturated carbocycles. The molecule has 0 spiro atoms. The average molecular weight is 499 g/mol. The molecule has 5 nitrogen and oxygen atoms in total. The number of aromatic nitrogens is 2. The van der Waals surface area contributed by atoms with Gasteiger partial charge in [0.2, 0.25) is 0 Å². The summed E-state index contributed by atoms with van der Waals surface area (Å²) >= 11 is 11.8. The third-order valence-corrected chi connectivity index (χ3v) is 6.55. The highest BCUT2D eigenvalue weighted by Crippen LogP contribution is 2.40. The molecule has 0 unspecified atom stereocenters. The van der Waals surface area contributed by atoms with E-state index in [2.05, 4.69) is 45.5 Å². The van der Waals surface area contributed by atoms with Crippen LogP contribution in [0.4, 0.5) is 5.69 Å². The van der Waals surface area contributed by atoms with Crippen molar-refractivity contribution in [3.8, 4) is 5.75 Å². The third-order valence-electron chi connectivity index (χ3n) is 6.21. The Labute approximate surface area is 211 Å². The molecule has 0 saturated heterocycles. The number of hydrogen-bond acceptors (Lipinski definition) is 5. The van der Waals surface area contributed by atoms with Crippen molar-refractivity contribution in [1.82, 2.24) is 14.9 Å². The van der Waals surface area contributed by atoms with Gasteiger partial charge in [-0.05, 0) is 37.6 Å². The van der Waals surface area contributed by atoms with Crippen molar-refractivity contribution in [1.29, 1.82) is 0 Å². The summed E-state index contributed by atoms with van der Waals surface area (Å²) in [5, 5.41) is 6.83. The number of alkyl halides is 2. The summed E-state index contributed by atoms with van der Waals surface area (Å²) in [6, 6.07) is 14.3.